The molecule has 0 aliphatic carbocycles. The molecule has 1 aromatic carbocycles. The summed E-state index contributed by atoms with van der Waals surface area (Å²) < 4.78 is 7.60. The van der Waals surface area contributed by atoms with Crippen molar-refractivity contribution in [3.05, 3.63) is 34.5 Å². The normalized spacial score (nSPS) is 15.7. The van der Waals surface area contributed by atoms with Crippen LogP contribution in [-0.4, -0.2) is 34.6 Å². The number of rotatable bonds is 2. The van der Waals surface area contributed by atoms with Gasteiger partial charge < -0.3 is 14.2 Å². The predicted octanol–water partition coefficient (Wildman–Crippen LogP) is 3.62. The molecule has 1 aliphatic rings. The lowest BCUT2D eigenvalue weighted by atomic mass is 10.1. The molecule has 0 saturated carbocycles. The molecule has 0 unspecified atom stereocenters. The number of aromatic nitrogens is 1. The molecule has 0 spiro atoms. The van der Waals surface area contributed by atoms with Crippen LogP contribution < -0.4 is 0 Å². The molecule has 1 aliphatic heterocycles. The summed E-state index contributed by atoms with van der Waals surface area (Å²) in [5.41, 5.74) is 3.09. The first-order valence-electron chi connectivity index (χ1n) is 7.94. The quantitative estimate of drug-likeness (QED) is 0.787. The summed E-state index contributed by atoms with van der Waals surface area (Å²) in [6, 6.07) is 5.88. The van der Waals surface area contributed by atoms with Gasteiger partial charge in [0.25, 0.3) is 0 Å². The molecule has 0 atom stereocenters. The maximum atomic E-state index is 12.3. The highest BCUT2D eigenvalue weighted by Gasteiger charge is 2.25. The number of carbonyl (C=O) groups excluding carboxylic acids is 1. The monoisotopic (exact) mass is 334 g/mol. The van der Waals surface area contributed by atoms with E-state index in [0.29, 0.717) is 0 Å². The fourth-order valence-corrected chi connectivity index (χ4v) is 3.41. The number of nitrogens with zero attached hydrogens (tertiary/aromatic N) is 2. The Balaban J connectivity index is 2.04. The van der Waals surface area contributed by atoms with Gasteiger partial charge >= 0.3 is 5.97 Å². The molecular formula is C18H23ClN2O2. The summed E-state index contributed by atoms with van der Waals surface area (Å²) in [5, 5.41) is 1.87. The smallest absolute Gasteiger partial charge is 0.326 e. The van der Waals surface area contributed by atoms with Crippen molar-refractivity contribution in [2.45, 2.75) is 45.9 Å². The van der Waals surface area contributed by atoms with Crippen LogP contribution in [-0.2, 0) is 29.0 Å². The molecule has 1 aromatic heterocycles. The molecule has 2 heterocycles. The van der Waals surface area contributed by atoms with Crippen LogP contribution in [0, 0.1) is 0 Å². The SMILES string of the molecule is CN1CCc2c(c3cc(Cl)ccc3n2CC(=O)OC(C)(C)C)C1. The van der Waals surface area contributed by atoms with Gasteiger partial charge in [-0.2, -0.15) is 0 Å². The lowest BCUT2D eigenvalue weighted by molar-refractivity contribution is -0.155. The third kappa shape index (κ3) is 3.38. The summed E-state index contributed by atoms with van der Waals surface area (Å²) in [6.07, 6.45) is 0.931. The zero-order valence-corrected chi connectivity index (χ0v) is 14.9. The summed E-state index contributed by atoms with van der Waals surface area (Å²) in [6.45, 7) is 7.79. The average Bonchev–Trinajstić information content (AvgIpc) is 2.70. The van der Waals surface area contributed by atoms with E-state index in [-0.39, 0.29) is 12.5 Å². The Bertz CT molecular complexity index is 758. The van der Waals surface area contributed by atoms with E-state index >= 15 is 0 Å². The molecule has 124 valence electrons. The van der Waals surface area contributed by atoms with E-state index < -0.39 is 5.60 Å². The molecule has 0 fully saturated rings. The van der Waals surface area contributed by atoms with Crippen LogP contribution in [0.25, 0.3) is 10.9 Å². The first-order valence-corrected chi connectivity index (χ1v) is 8.32. The molecule has 23 heavy (non-hydrogen) atoms. The van der Waals surface area contributed by atoms with Crippen molar-refractivity contribution in [2.75, 3.05) is 13.6 Å². The molecule has 3 rings (SSSR count). The number of ether oxygens (including phenoxy) is 1. The maximum Gasteiger partial charge on any atom is 0.326 e. The molecule has 0 amide bonds. The Labute approximate surface area is 142 Å². The number of halogens is 1. The highest BCUT2D eigenvalue weighted by Crippen LogP contribution is 2.32. The lowest BCUT2D eigenvalue weighted by Crippen LogP contribution is -2.30. The first-order chi connectivity index (χ1) is 10.7. The van der Waals surface area contributed by atoms with E-state index in [4.69, 9.17) is 16.3 Å². The number of likely N-dealkylation sites (N-methyl/N-ethyl adjacent to an activating group) is 1. The molecule has 0 saturated heterocycles. The predicted molar refractivity (Wildman–Crippen MR) is 92.8 cm³/mol. The standard InChI is InChI=1S/C18H23ClN2O2/c1-18(2,3)23-17(22)11-21-15-6-5-12(19)9-13(15)14-10-20(4)8-7-16(14)21/h5-6,9H,7-8,10-11H2,1-4H3. The number of fused-ring (bicyclic) bond motifs is 3. The third-order valence-electron chi connectivity index (χ3n) is 4.11. The second-order valence-corrected chi connectivity index (χ2v) is 7.68. The molecular weight excluding hydrogens is 312 g/mol. The van der Waals surface area contributed by atoms with E-state index in [1.54, 1.807) is 0 Å². The summed E-state index contributed by atoms with van der Waals surface area (Å²) >= 11 is 6.19. The third-order valence-corrected chi connectivity index (χ3v) is 4.35. The van der Waals surface area contributed by atoms with Crippen LogP contribution >= 0.6 is 11.6 Å². The van der Waals surface area contributed by atoms with Crippen LogP contribution in [0.2, 0.25) is 5.02 Å². The zero-order chi connectivity index (χ0) is 16.8. The summed E-state index contributed by atoms with van der Waals surface area (Å²) in [7, 11) is 2.12. The van der Waals surface area contributed by atoms with Crippen LogP contribution in [0.3, 0.4) is 0 Å². The van der Waals surface area contributed by atoms with Crippen LogP contribution in [0.1, 0.15) is 32.0 Å². The number of esters is 1. The first kappa shape index (κ1) is 16.3. The van der Waals surface area contributed by atoms with Gasteiger partial charge in [0.2, 0.25) is 0 Å². The lowest BCUT2D eigenvalue weighted by Gasteiger charge is -2.25. The molecule has 0 radical (unpaired) electrons. The highest BCUT2D eigenvalue weighted by atomic mass is 35.5. The van der Waals surface area contributed by atoms with Crippen LogP contribution in [0.15, 0.2) is 18.2 Å². The van der Waals surface area contributed by atoms with Gasteiger partial charge in [0.1, 0.15) is 12.1 Å². The molecule has 0 N–H and O–H groups in total. The van der Waals surface area contributed by atoms with Crippen LogP contribution in [0.4, 0.5) is 0 Å². The second-order valence-electron chi connectivity index (χ2n) is 7.25. The van der Waals surface area contributed by atoms with Gasteiger partial charge in [-0.05, 0) is 51.6 Å². The number of hydrogen-bond acceptors (Lipinski definition) is 3. The number of carbonyl (C=O) groups is 1. The van der Waals surface area contributed by atoms with Gasteiger partial charge in [0, 0.05) is 41.1 Å². The fraction of sp³-hybridized carbons (Fsp3) is 0.500. The minimum Gasteiger partial charge on any atom is -0.459 e. The highest BCUT2D eigenvalue weighted by molar-refractivity contribution is 6.31. The van der Waals surface area contributed by atoms with E-state index in [2.05, 4.69) is 16.5 Å². The van der Waals surface area contributed by atoms with E-state index in [0.717, 1.165) is 35.4 Å². The van der Waals surface area contributed by atoms with Crippen LogP contribution in [0.5, 0.6) is 0 Å². The topological polar surface area (TPSA) is 34.5 Å². The minimum absolute atomic E-state index is 0.203. The Morgan fingerprint density at radius 3 is 2.78 bits per heavy atom. The van der Waals surface area contributed by atoms with E-state index in [1.807, 2.05) is 39.0 Å². The van der Waals surface area contributed by atoms with Gasteiger partial charge in [0.15, 0.2) is 0 Å². The van der Waals surface area contributed by atoms with Crippen molar-refractivity contribution in [3.8, 4) is 0 Å². The number of hydrogen-bond donors (Lipinski definition) is 0. The van der Waals surface area contributed by atoms with Gasteiger partial charge in [-0.15, -0.1) is 0 Å². The van der Waals surface area contributed by atoms with E-state index in [9.17, 15) is 4.79 Å². The van der Waals surface area contributed by atoms with Crippen molar-refractivity contribution in [1.29, 1.82) is 0 Å². The molecule has 2 aromatic rings. The van der Waals surface area contributed by atoms with Gasteiger partial charge in [-0.1, -0.05) is 11.6 Å². The van der Waals surface area contributed by atoms with Crippen molar-refractivity contribution in [3.63, 3.8) is 0 Å². The van der Waals surface area contributed by atoms with Crippen molar-refractivity contribution in [1.82, 2.24) is 9.47 Å². The Morgan fingerprint density at radius 2 is 2.09 bits per heavy atom. The average molecular weight is 335 g/mol. The maximum absolute atomic E-state index is 12.3. The molecule has 5 heteroatoms. The minimum atomic E-state index is -0.469. The van der Waals surface area contributed by atoms with Crippen molar-refractivity contribution < 1.29 is 9.53 Å². The van der Waals surface area contributed by atoms with Gasteiger partial charge in [-0.3, -0.25) is 4.79 Å². The van der Waals surface area contributed by atoms with Crippen molar-refractivity contribution in [2.24, 2.45) is 0 Å². The summed E-state index contributed by atoms with van der Waals surface area (Å²) in [5.74, 6) is -0.203. The molecule has 4 nitrogen and oxygen atoms in total. The largest absolute Gasteiger partial charge is 0.459 e. The van der Waals surface area contributed by atoms with Gasteiger partial charge in [-0.25, -0.2) is 0 Å². The van der Waals surface area contributed by atoms with Crippen molar-refractivity contribution >= 4 is 28.5 Å². The molecule has 0 bridgehead atoms. The Hall–Kier alpha value is -1.52. The summed E-state index contributed by atoms with van der Waals surface area (Å²) in [4.78, 5) is 14.6. The van der Waals surface area contributed by atoms with E-state index in [1.165, 1.54) is 11.3 Å². The Morgan fingerprint density at radius 1 is 1.35 bits per heavy atom. The Kier molecular flexibility index (Phi) is 4.15. The second kappa shape index (κ2) is 5.84. The fourth-order valence-electron chi connectivity index (χ4n) is 3.24. The number of benzene rings is 1. The van der Waals surface area contributed by atoms with Gasteiger partial charge in [0.05, 0.1) is 0 Å². The zero-order valence-electron chi connectivity index (χ0n) is 14.1.